The van der Waals surface area contributed by atoms with Crippen LogP contribution in [0.3, 0.4) is 0 Å². The molecule has 2 rings (SSSR count). The molecule has 0 aliphatic rings. The van der Waals surface area contributed by atoms with Gasteiger partial charge in [0.2, 0.25) is 0 Å². The average molecular weight is 333 g/mol. The van der Waals surface area contributed by atoms with Gasteiger partial charge in [0.25, 0.3) is 5.95 Å². The largest absolute Gasteiger partial charge is 0.497 e. The fourth-order valence-corrected chi connectivity index (χ4v) is 1.50. The molecule has 0 spiro atoms. The quantitative estimate of drug-likeness (QED) is 0.495. The van der Waals surface area contributed by atoms with Crippen LogP contribution in [0.25, 0.3) is 0 Å². The number of aryl methyl sites for hydroxylation is 1. The highest BCUT2D eigenvalue weighted by Crippen LogP contribution is 2.10. The Morgan fingerprint density at radius 1 is 1.29 bits per heavy atom. The van der Waals surface area contributed by atoms with Gasteiger partial charge in [-0.3, -0.25) is 0 Å². The summed E-state index contributed by atoms with van der Waals surface area (Å²) in [5, 5.41) is 11.9. The number of aromatic nitrogens is 3. The van der Waals surface area contributed by atoms with E-state index in [0.29, 0.717) is 18.2 Å². The molecule has 0 unspecified atom stereocenters. The highest BCUT2D eigenvalue weighted by atomic mass is 35.5. The Morgan fingerprint density at radius 2 is 1.95 bits per heavy atom. The molecule has 0 fully saturated rings. The number of nitrogens with two attached hydrogens (primary N) is 1. The number of halogens is 2. The van der Waals surface area contributed by atoms with Gasteiger partial charge < -0.3 is 10.6 Å². The number of hydrogen-bond donors (Lipinski definition) is 2. The van der Waals surface area contributed by atoms with E-state index < -0.39 is 0 Å². The summed E-state index contributed by atoms with van der Waals surface area (Å²) in [6, 6.07) is 7.52. The monoisotopic (exact) mass is 332 g/mol. The minimum Gasteiger partial charge on any atom is -0.497 e. The molecule has 3 N–H and O–H groups in total. The van der Waals surface area contributed by atoms with Gasteiger partial charge in [0, 0.05) is 6.42 Å². The second-order valence-corrected chi connectivity index (χ2v) is 3.81. The van der Waals surface area contributed by atoms with Gasteiger partial charge in [0.05, 0.1) is 13.3 Å². The van der Waals surface area contributed by atoms with Crippen molar-refractivity contribution in [2.45, 2.75) is 13.3 Å². The minimum atomic E-state index is 0. The van der Waals surface area contributed by atoms with E-state index >= 15 is 0 Å². The molecule has 21 heavy (non-hydrogen) atoms. The van der Waals surface area contributed by atoms with Crippen LogP contribution in [0.1, 0.15) is 18.3 Å². The first-order valence-electron chi connectivity index (χ1n) is 5.87. The highest BCUT2D eigenvalue weighted by molar-refractivity contribution is 5.85. The Morgan fingerprint density at radius 3 is 2.48 bits per heavy atom. The number of methoxy groups -OCH3 is 1. The zero-order valence-electron chi connectivity index (χ0n) is 11.7. The summed E-state index contributed by atoms with van der Waals surface area (Å²) >= 11 is 0. The average Bonchev–Trinajstić information content (AvgIpc) is 2.80. The van der Waals surface area contributed by atoms with Gasteiger partial charge in [0.15, 0.2) is 5.82 Å². The maximum atomic E-state index is 5.77. The highest BCUT2D eigenvalue weighted by Gasteiger charge is 2.05. The summed E-state index contributed by atoms with van der Waals surface area (Å²) in [5.41, 5.74) is 3.68. The summed E-state index contributed by atoms with van der Waals surface area (Å²) in [5.74, 6) is 7.68. The first-order valence-corrected chi connectivity index (χ1v) is 5.87. The van der Waals surface area contributed by atoms with Gasteiger partial charge in [-0.1, -0.05) is 6.92 Å². The number of rotatable bonds is 5. The van der Waals surface area contributed by atoms with E-state index in [0.717, 1.165) is 11.3 Å². The number of nitrogens with zero attached hydrogens (tertiary/aromatic N) is 4. The van der Waals surface area contributed by atoms with E-state index in [-0.39, 0.29) is 24.8 Å². The zero-order valence-corrected chi connectivity index (χ0v) is 13.3. The number of nitrogens with one attached hydrogen (secondary N) is 1. The third-order valence-electron chi connectivity index (χ3n) is 2.58. The van der Waals surface area contributed by atoms with Crippen LogP contribution in [0.2, 0.25) is 0 Å². The fraction of sp³-hybridized carbons (Fsp3) is 0.250. The van der Waals surface area contributed by atoms with Gasteiger partial charge in [0.1, 0.15) is 5.75 Å². The SMILES string of the molecule is CCc1nnc(N/N=C/c2ccc(OC)cc2)n1N.Cl.Cl. The smallest absolute Gasteiger partial charge is 0.263 e. The van der Waals surface area contributed by atoms with Gasteiger partial charge in [-0.2, -0.15) is 5.10 Å². The molecule has 2 aromatic rings. The molecular weight excluding hydrogens is 315 g/mol. The lowest BCUT2D eigenvalue weighted by Gasteiger charge is -2.01. The summed E-state index contributed by atoms with van der Waals surface area (Å²) in [7, 11) is 1.63. The van der Waals surface area contributed by atoms with Crippen molar-refractivity contribution in [1.82, 2.24) is 14.9 Å². The molecule has 0 bridgehead atoms. The van der Waals surface area contributed by atoms with Crippen LogP contribution in [0, 0.1) is 0 Å². The second kappa shape index (κ2) is 9.04. The molecular formula is C12H18Cl2N6O. The molecule has 0 saturated heterocycles. The maximum Gasteiger partial charge on any atom is 0.263 e. The number of ether oxygens (including phenoxy) is 1. The van der Waals surface area contributed by atoms with E-state index in [9.17, 15) is 0 Å². The van der Waals surface area contributed by atoms with Gasteiger partial charge in [-0.05, 0) is 29.8 Å². The summed E-state index contributed by atoms with van der Waals surface area (Å²) in [4.78, 5) is 0. The summed E-state index contributed by atoms with van der Waals surface area (Å²) in [6.07, 6.45) is 2.38. The Hall–Kier alpha value is -1.99. The molecule has 1 heterocycles. The van der Waals surface area contributed by atoms with E-state index in [1.165, 1.54) is 4.68 Å². The molecule has 0 saturated carbocycles. The van der Waals surface area contributed by atoms with Crippen LogP contribution >= 0.6 is 24.8 Å². The number of benzene rings is 1. The molecule has 0 aliphatic carbocycles. The van der Waals surface area contributed by atoms with Crippen molar-refractivity contribution in [3.05, 3.63) is 35.7 Å². The summed E-state index contributed by atoms with van der Waals surface area (Å²) < 4.78 is 6.46. The van der Waals surface area contributed by atoms with Crippen molar-refractivity contribution in [1.29, 1.82) is 0 Å². The number of hydrogen-bond acceptors (Lipinski definition) is 6. The van der Waals surface area contributed by atoms with Crippen LogP contribution in [-0.4, -0.2) is 28.2 Å². The number of hydrazone groups is 1. The van der Waals surface area contributed by atoms with Crippen molar-refractivity contribution in [3.8, 4) is 5.75 Å². The Bertz CT molecular complexity index is 570. The van der Waals surface area contributed by atoms with Gasteiger partial charge in [-0.25, -0.2) is 10.1 Å². The van der Waals surface area contributed by atoms with Crippen molar-refractivity contribution in [3.63, 3.8) is 0 Å². The molecule has 1 aromatic heterocycles. The molecule has 9 heteroatoms. The van der Waals surface area contributed by atoms with Crippen molar-refractivity contribution >= 4 is 37.0 Å². The molecule has 0 radical (unpaired) electrons. The Labute approximate surface area is 135 Å². The van der Waals surface area contributed by atoms with Crippen LogP contribution in [0.4, 0.5) is 5.95 Å². The van der Waals surface area contributed by atoms with E-state index in [1.54, 1.807) is 13.3 Å². The van der Waals surface area contributed by atoms with Crippen LogP contribution < -0.4 is 16.0 Å². The van der Waals surface area contributed by atoms with Crippen LogP contribution in [0.15, 0.2) is 29.4 Å². The first kappa shape index (κ1) is 19.0. The van der Waals surface area contributed by atoms with E-state index in [2.05, 4.69) is 20.7 Å². The molecule has 0 atom stereocenters. The van der Waals surface area contributed by atoms with Crippen molar-refractivity contribution in [2.75, 3.05) is 18.4 Å². The lowest BCUT2D eigenvalue weighted by Crippen LogP contribution is -2.14. The molecule has 0 amide bonds. The topological polar surface area (TPSA) is 90.4 Å². The van der Waals surface area contributed by atoms with Crippen LogP contribution in [-0.2, 0) is 6.42 Å². The van der Waals surface area contributed by atoms with Crippen molar-refractivity contribution in [2.24, 2.45) is 5.10 Å². The summed E-state index contributed by atoms with van der Waals surface area (Å²) in [6.45, 7) is 1.96. The predicted molar refractivity (Wildman–Crippen MR) is 88.3 cm³/mol. The number of anilines is 1. The standard InChI is InChI=1S/C12H16N6O.2ClH/c1-3-11-15-17-12(18(11)13)16-14-8-9-4-6-10(19-2)7-5-9;;/h4-8H,3,13H2,1-2H3,(H,16,17);2*1H/b14-8+;;. The molecule has 116 valence electrons. The molecule has 0 aliphatic heterocycles. The lowest BCUT2D eigenvalue weighted by molar-refractivity contribution is 0.415. The number of nitrogen functional groups attached to an aromatic ring is 1. The van der Waals surface area contributed by atoms with Crippen LogP contribution in [0.5, 0.6) is 5.75 Å². The fourth-order valence-electron chi connectivity index (χ4n) is 1.50. The Kier molecular flexibility index (Phi) is 8.18. The maximum absolute atomic E-state index is 5.77. The van der Waals surface area contributed by atoms with E-state index in [4.69, 9.17) is 10.6 Å². The second-order valence-electron chi connectivity index (χ2n) is 3.81. The van der Waals surface area contributed by atoms with Gasteiger partial charge in [-0.15, -0.1) is 35.0 Å². The van der Waals surface area contributed by atoms with Crippen molar-refractivity contribution < 1.29 is 4.74 Å². The third-order valence-corrected chi connectivity index (χ3v) is 2.58. The minimum absolute atomic E-state index is 0. The lowest BCUT2D eigenvalue weighted by atomic mass is 10.2. The zero-order chi connectivity index (χ0) is 13.7. The van der Waals surface area contributed by atoms with E-state index in [1.807, 2.05) is 31.2 Å². The Balaban J connectivity index is 0.00000200. The predicted octanol–water partition coefficient (Wildman–Crippen LogP) is 1.85. The molecule has 7 nitrogen and oxygen atoms in total. The third kappa shape index (κ3) is 4.80. The van der Waals surface area contributed by atoms with Gasteiger partial charge >= 0.3 is 0 Å². The first-order chi connectivity index (χ1) is 9.24. The molecule has 1 aromatic carbocycles. The normalized spacial score (nSPS) is 9.81.